The van der Waals surface area contributed by atoms with Crippen LogP contribution in [-0.2, 0) is 34.0 Å². The van der Waals surface area contributed by atoms with Crippen LogP contribution in [0.25, 0.3) is 10.4 Å². The predicted molar refractivity (Wildman–Crippen MR) is 156 cm³/mol. The highest BCUT2D eigenvalue weighted by Crippen LogP contribution is 2.24. The van der Waals surface area contributed by atoms with Crippen LogP contribution < -0.4 is 9.62 Å². The van der Waals surface area contributed by atoms with Gasteiger partial charge in [0.15, 0.2) is 0 Å². The number of carbonyl (C=O) groups is 1. The van der Waals surface area contributed by atoms with Crippen LogP contribution in [-0.4, -0.2) is 56.8 Å². The van der Waals surface area contributed by atoms with Crippen molar-refractivity contribution >= 4 is 41.0 Å². The molecule has 1 N–H and O–H groups in total. The van der Waals surface area contributed by atoms with Crippen molar-refractivity contribution in [1.82, 2.24) is 4.72 Å². The van der Waals surface area contributed by atoms with Crippen LogP contribution in [0, 0.1) is 0 Å². The second-order valence-corrected chi connectivity index (χ2v) is 14.1. The van der Waals surface area contributed by atoms with Crippen LogP contribution in [0.15, 0.2) is 93.0 Å². The fourth-order valence-corrected chi connectivity index (χ4v) is 6.46. The number of hydrogen-bond donors (Lipinski definition) is 1. The zero-order valence-electron chi connectivity index (χ0n) is 23.0. The van der Waals surface area contributed by atoms with E-state index in [2.05, 4.69) is 25.0 Å². The minimum absolute atomic E-state index is 0.0126. The maximum Gasteiger partial charge on any atom is 0.337 e. The molecule has 0 amide bonds. The van der Waals surface area contributed by atoms with Crippen molar-refractivity contribution in [3.8, 4) is 0 Å². The van der Waals surface area contributed by atoms with Gasteiger partial charge >= 0.3 is 15.0 Å². The molecule has 222 valence electrons. The number of hydrogen-bond acceptors (Lipinski definition) is 11. The molecule has 3 rings (SSSR count). The van der Waals surface area contributed by atoms with Crippen LogP contribution in [0.2, 0.25) is 0 Å². The summed E-state index contributed by atoms with van der Waals surface area (Å²) < 4.78 is 63.0. The molecule has 0 aromatic heterocycles. The van der Waals surface area contributed by atoms with Gasteiger partial charge in [-0.2, -0.15) is 18.6 Å². The molecule has 3 aromatic rings. The molecule has 0 radical (unpaired) electrons. The molecule has 0 heterocycles. The van der Waals surface area contributed by atoms with Crippen molar-refractivity contribution < 1.29 is 31.1 Å². The highest BCUT2D eigenvalue weighted by Gasteiger charge is 2.31. The first-order chi connectivity index (χ1) is 20.0. The summed E-state index contributed by atoms with van der Waals surface area (Å²) >= 11 is 0. The van der Waals surface area contributed by atoms with Crippen molar-refractivity contribution in [2.75, 3.05) is 32.6 Å². The lowest BCUT2D eigenvalue weighted by Gasteiger charge is -2.14. The zero-order valence-corrected chi connectivity index (χ0v) is 24.6. The van der Waals surface area contributed by atoms with Gasteiger partial charge in [0.25, 0.3) is 8.87 Å². The Morgan fingerprint density at radius 2 is 1.50 bits per heavy atom. The van der Waals surface area contributed by atoms with Crippen molar-refractivity contribution in [3.63, 3.8) is 0 Å². The molecule has 0 aliphatic carbocycles. The van der Waals surface area contributed by atoms with E-state index in [0.29, 0.717) is 22.5 Å². The van der Waals surface area contributed by atoms with Crippen LogP contribution in [0.3, 0.4) is 0 Å². The van der Waals surface area contributed by atoms with E-state index in [1.807, 2.05) is 35.9 Å². The molecule has 0 aliphatic heterocycles. The second-order valence-electron chi connectivity index (χ2n) is 8.86. The molecular weight excluding hydrogens is 586 g/mol. The Morgan fingerprint density at radius 3 is 2.02 bits per heavy atom. The number of rotatable bonds is 14. The Balaban J connectivity index is 1.57. The lowest BCUT2D eigenvalue weighted by atomic mass is 10.1. The monoisotopic (exact) mass is 615 g/mol. The van der Waals surface area contributed by atoms with E-state index in [0.717, 1.165) is 17.8 Å². The summed E-state index contributed by atoms with van der Waals surface area (Å²) in [5.74, 6) is -0.500. The van der Waals surface area contributed by atoms with Gasteiger partial charge in [-0.25, -0.2) is 17.9 Å². The van der Waals surface area contributed by atoms with Gasteiger partial charge in [0.05, 0.1) is 35.6 Å². The normalized spacial score (nSPS) is 12.5. The highest BCUT2D eigenvalue weighted by atomic mass is 33.2. The fraction of sp³-hybridized carbons (Fsp3) is 0.269. The van der Waals surface area contributed by atoms with E-state index in [1.54, 1.807) is 24.3 Å². The number of anilines is 1. The fourth-order valence-electron chi connectivity index (χ4n) is 3.40. The summed E-state index contributed by atoms with van der Waals surface area (Å²) in [5, 5.41) is 11.6. The third-order valence-electron chi connectivity index (χ3n) is 5.73. The molecule has 42 heavy (non-hydrogen) atoms. The van der Waals surface area contributed by atoms with E-state index in [1.165, 1.54) is 31.4 Å². The summed E-state index contributed by atoms with van der Waals surface area (Å²) in [4.78, 5) is 15.7. The summed E-state index contributed by atoms with van der Waals surface area (Å²) in [5.41, 5.74) is 11.7. The van der Waals surface area contributed by atoms with Gasteiger partial charge in [-0.15, -0.1) is 0 Å². The quantitative estimate of drug-likeness (QED) is 0.0877. The number of nitrogens with zero attached hydrogens (tertiary/aromatic N) is 6. The van der Waals surface area contributed by atoms with Crippen molar-refractivity contribution in [1.29, 1.82) is 0 Å². The molecular formula is C26H29N7O7S2. The summed E-state index contributed by atoms with van der Waals surface area (Å²) in [7, 11) is -4.58. The van der Waals surface area contributed by atoms with Gasteiger partial charge in [-0.05, 0) is 78.2 Å². The van der Waals surface area contributed by atoms with E-state index >= 15 is 0 Å². The number of methoxy groups -OCH3 is 1. The summed E-state index contributed by atoms with van der Waals surface area (Å²) in [6.45, 7) is -0.396. The molecule has 1 unspecified atom stereocenters. The maximum atomic E-state index is 12.8. The van der Waals surface area contributed by atoms with E-state index in [-0.39, 0.29) is 19.6 Å². The minimum Gasteiger partial charge on any atom is -0.465 e. The Morgan fingerprint density at radius 1 is 0.929 bits per heavy atom. The molecule has 0 fully saturated rings. The number of azide groups is 1. The Labute approximate surface area is 243 Å². The SMILES string of the molecule is COC(=O)c1ccc(COC(CCNS(=O)(=O)S(=O)(=O)c2ccc(N=Nc3ccc(N(C)C)cc3)cc2)N=[N+]=[N-])cc1. The topological polar surface area (TPSA) is 193 Å². The molecule has 0 bridgehead atoms. The van der Waals surface area contributed by atoms with Crippen LogP contribution >= 0.6 is 0 Å². The smallest absolute Gasteiger partial charge is 0.337 e. The Bertz CT molecular complexity index is 1650. The van der Waals surface area contributed by atoms with Gasteiger partial charge in [-0.1, -0.05) is 17.2 Å². The first kappa shape index (κ1) is 32.2. The molecule has 16 heteroatoms. The zero-order chi connectivity index (χ0) is 30.8. The first-order valence-corrected chi connectivity index (χ1v) is 15.8. The standard InChI is InChI=1S/C26H29N7O7S2/c1-33(2)23-12-8-21(9-13-23)29-30-22-10-14-24(15-11-22)41(35,36)42(37,38)28-17-16-25(31-32-27)40-18-19-4-6-20(7-5-19)26(34)39-3/h4-15,25,28H,16-18H2,1-3H3. The summed E-state index contributed by atoms with van der Waals surface area (Å²) in [6, 6.07) is 18.5. The van der Waals surface area contributed by atoms with Crippen molar-refractivity contribution in [3.05, 3.63) is 94.4 Å². The van der Waals surface area contributed by atoms with Crippen LogP contribution in [0.1, 0.15) is 22.3 Å². The van der Waals surface area contributed by atoms with Crippen molar-refractivity contribution in [2.45, 2.75) is 24.2 Å². The van der Waals surface area contributed by atoms with Gasteiger partial charge in [-0.3, -0.25) is 0 Å². The number of azo groups is 1. The first-order valence-electron chi connectivity index (χ1n) is 12.3. The number of ether oxygens (including phenoxy) is 2. The Hall–Kier alpha value is -4.34. The maximum absolute atomic E-state index is 12.8. The van der Waals surface area contributed by atoms with E-state index in [9.17, 15) is 21.6 Å². The number of carbonyl (C=O) groups excluding carboxylic acids is 1. The van der Waals surface area contributed by atoms with E-state index in [4.69, 9.17) is 10.3 Å². The molecule has 0 spiro atoms. The number of esters is 1. The largest absolute Gasteiger partial charge is 0.465 e. The van der Waals surface area contributed by atoms with Gasteiger partial charge in [0, 0.05) is 31.2 Å². The van der Waals surface area contributed by atoms with Crippen molar-refractivity contribution in [2.24, 2.45) is 15.3 Å². The van der Waals surface area contributed by atoms with Gasteiger partial charge < -0.3 is 14.4 Å². The second kappa shape index (κ2) is 14.5. The summed E-state index contributed by atoms with van der Waals surface area (Å²) in [6.07, 6.45) is -1.24. The average molecular weight is 616 g/mol. The number of nitrogens with one attached hydrogen (secondary N) is 1. The molecule has 0 saturated carbocycles. The van der Waals surface area contributed by atoms with Gasteiger partial charge in [0.1, 0.15) is 6.23 Å². The minimum atomic E-state index is -4.86. The molecule has 1 atom stereocenters. The highest BCUT2D eigenvalue weighted by molar-refractivity contribution is 8.66. The molecule has 0 saturated heterocycles. The predicted octanol–water partition coefficient (Wildman–Crippen LogP) is 4.81. The van der Waals surface area contributed by atoms with E-state index < -0.39 is 35.0 Å². The van der Waals surface area contributed by atoms with Gasteiger partial charge in [0.2, 0.25) is 0 Å². The lowest BCUT2D eigenvalue weighted by Crippen LogP contribution is -2.33. The molecule has 3 aromatic carbocycles. The Kier molecular flexibility index (Phi) is 11.1. The third kappa shape index (κ3) is 8.58. The van der Waals surface area contributed by atoms with Crippen LogP contribution in [0.4, 0.5) is 17.1 Å². The molecule has 0 aliphatic rings. The third-order valence-corrected chi connectivity index (χ3v) is 10.4. The van der Waals surface area contributed by atoms with Crippen LogP contribution in [0.5, 0.6) is 0 Å². The number of benzene rings is 3. The lowest BCUT2D eigenvalue weighted by molar-refractivity contribution is 0.0407. The average Bonchev–Trinajstić information content (AvgIpc) is 2.99. The molecule has 14 nitrogen and oxygen atoms in total.